The summed E-state index contributed by atoms with van der Waals surface area (Å²) in [6.07, 6.45) is 0. The molecule has 0 saturated heterocycles. The minimum Gasteiger partial charge on any atom is -0.476 e. The third-order valence-electron chi connectivity index (χ3n) is 2.33. The van der Waals surface area contributed by atoms with Gasteiger partial charge in [-0.05, 0) is 11.1 Å². The van der Waals surface area contributed by atoms with E-state index in [0.717, 1.165) is 11.1 Å². The van der Waals surface area contributed by atoms with Crippen molar-refractivity contribution in [1.29, 1.82) is 0 Å². The number of ether oxygens (including phenoxy) is 1. The van der Waals surface area contributed by atoms with Crippen LogP contribution in [0.4, 0.5) is 0 Å². The molecule has 0 bridgehead atoms. The Morgan fingerprint density at radius 2 is 2.24 bits per heavy atom. The lowest BCUT2D eigenvalue weighted by Gasteiger charge is -2.07. The molecule has 2 rings (SSSR count). The molecule has 0 aliphatic carbocycles. The van der Waals surface area contributed by atoms with Gasteiger partial charge in [-0.1, -0.05) is 24.3 Å². The molecule has 1 heterocycles. The zero-order chi connectivity index (χ0) is 12.3. The molecule has 0 aliphatic heterocycles. The fourth-order valence-corrected chi connectivity index (χ4v) is 2.45. The Hall–Kier alpha value is -1.72. The Labute approximate surface area is 103 Å². The summed E-state index contributed by atoms with van der Waals surface area (Å²) in [6.45, 7) is 0.452. The summed E-state index contributed by atoms with van der Waals surface area (Å²) >= 11 is 1.32. The molecule has 1 aromatic carbocycles. The Balaban J connectivity index is 2.52. The lowest BCUT2D eigenvalue weighted by Crippen LogP contribution is -2.00. The number of rotatable bonds is 4. The van der Waals surface area contributed by atoms with Crippen LogP contribution < -0.4 is 0 Å². The molecule has 0 spiro atoms. The normalized spacial score (nSPS) is 10.4. The standard InChI is InChI=1S/C12H11NO3S/c1-16-6-8-4-2-3-5-9(8)11-10(12(14)15)13-7-17-11/h2-5,7H,6H2,1H3,(H,14,15). The maximum Gasteiger partial charge on any atom is 0.356 e. The minimum atomic E-state index is -1.01. The Kier molecular flexibility index (Phi) is 3.51. The Morgan fingerprint density at radius 3 is 2.94 bits per heavy atom. The molecule has 4 nitrogen and oxygen atoms in total. The van der Waals surface area contributed by atoms with E-state index in [9.17, 15) is 4.79 Å². The summed E-state index contributed by atoms with van der Waals surface area (Å²) < 4.78 is 5.10. The second-order valence-corrected chi connectivity index (χ2v) is 4.28. The predicted octanol–water partition coefficient (Wildman–Crippen LogP) is 2.65. The highest BCUT2D eigenvalue weighted by Crippen LogP contribution is 2.30. The molecule has 1 N–H and O–H groups in total. The van der Waals surface area contributed by atoms with Crippen LogP contribution in [0.5, 0.6) is 0 Å². The number of carbonyl (C=O) groups is 1. The van der Waals surface area contributed by atoms with Crippen molar-refractivity contribution in [2.75, 3.05) is 7.11 Å². The number of hydrogen-bond donors (Lipinski definition) is 1. The van der Waals surface area contributed by atoms with Crippen LogP contribution in [0.25, 0.3) is 10.4 Å². The van der Waals surface area contributed by atoms with Crippen molar-refractivity contribution >= 4 is 17.3 Å². The third-order valence-corrected chi connectivity index (χ3v) is 3.19. The number of carboxylic acids is 1. The fraction of sp³-hybridized carbons (Fsp3) is 0.167. The summed E-state index contributed by atoms with van der Waals surface area (Å²) in [5.74, 6) is -1.01. The largest absolute Gasteiger partial charge is 0.476 e. The van der Waals surface area contributed by atoms with Crippen LogP contribution in [0.3, 0.4) is 0 Å². The molecule has 0 aliphatic rings. The van der Waals surface area contributed by atoms with E-state index in [-0.39, 0.29) is 5.69 Å². The first kappa shape index (κ1) is 11.8. The minimum absolute atomic E-state index is 0.0959. The summed E-state index contributed by atoms with van der Waals surface area (Å²) in [7, 11) is 1.61. The Bertz CT molecular complexity index is 536. The van der Waals surface area contributed by atoms with Crippen molar-refractivity contribution in [2.24, 2.45) is 0 Å². The van der Waals surface area contributed by atoms with Gasteiger partial charge < -0.3 is 9.84 Å². The molecule has 0 saturated carbocycles. The number of carboxylic acid groups (broad SMARTS) is 1. The van der Waals surface area contributed by atoms with Crippen LogP contribution in [0, 0.1) is 0 Å². The number of aromatic carboxylic acids is 1. The molecule has 1 aromatic heterocycles. The molecular formula is C12H11NO3S. The van der Waals surface area contributed by atoms with E-state index in [1.165, 1.54) is 11.3 Å². The van der Waals surface area contributed by atoms with Crippen LogP contribution in [-0.2, 0) is 11.3 Å². The van der Waals surface area contributed by atoms with Crippen molar-refractivity contribution in [3.63, 3.8) is 0 Å². The van der Waals surface area contributed by atoms with Crippen LogP contribution in [0.1, 0.15) is 16.1 Å². The quantitative estimate of drug-likeness (QED) is 0.905. The van der Waals surface area contributed by atoms with Crippen LogP contribution in [0.15, 0.2) is 29.8 Å². The predicted molar refractivity (Wildman–Crippen MR) is 65.2 cm³/mol. The topological polar surface area (TPSA) is 59.4 Å². The lowest BCUT2D eigenvalue weighted by atomic mass is 10.1. The summed E-state index contributed by atoms with van der Waals surface area (Å²) in [6, 6.07) is 7.58. The van der Waals surface area contributed by atoms with Gasteiger partial charge in [0.25, 0.3) is 0 Å². The van der Waals surface area contributed by atoms with Gasteiger partial charge in [0.05, 0.1) is 17.0 Å². The smallest absolute Gasteiger partial charge is 0.356 e. The van der Waals surface area contributed by atoms with Crippen molar-refractivity contribution in [3.05, 3.63) is 41.0 Å². The first-order chi connectivity index (χ1) is 8.24. The van der Waals surface area contributed by atoms with Gasteiger partial charge in [-0.25, -0.2) is 9.78 Å². The van der Waals surface area contributed by atoms with Gasteiger partial charge in [-0.2, -0.15) is 0 Å². The summed E-state index contributed by atoms with van der Waals surface area (Å²) in [5.41, 5.74) is 3.47. The molecule has 0 fully saturated rings. The van der Waals surface area contributed by atoms with Crippen molar-refractivity contribution in [2.45, 2.75) is 6.61 Å². The molecular weight excluding hydrogens is 238 g/mol. The van der Waals surface area contributed by atoms with E-state index in [4.69, 9.17) is 9.84 Å². The Morgan fingerprint density at radius 1 is 1.47 bits per heavy atom. The summed E-state index contributed by atoms with van der Waals surface area (Å²) in [4.78, 5) is 15.6. The number of aromatic nitrogens is 1. The van der Waals surface area contributed by atoms with Gasteiger partial charge in [-0.3, -0.25) is 0 Å². The van der Waals surface area contributed by atoms with Gasteiger partial charge in [0.2, 0.25) is 0 Å². The monoisotopic (exact) mass is 249 g/mol. The summed E-state index contributed by atoms with van der Waals surface area (Å²) in [5, 5.41) is 9.05. The zero-order valence-electron chi connectivity index (χ0n) is 9.21. The first-order valence-electron chi connectivity index (χ1n) is 4.98. The van der Waals surface area contributed by atoms with Gasteiger partial charge in [-0.15, -0.1) is 11.3 Å². The molecule has 88 valence electrons. The highest BCUT2D eigenvalue weighted by molar-refractivity contribution is 7.13. The van der Waals surface area contributed by atoms with Gasteiger partial charge in [0, 0.05) is 7.11 Å². The second kappa shape index (κ2) is 5.07. The fourth-order valence-electron chi connectivity index (χ4n) is 1.61. The van der Waals surface area contributed by atoms with Gasteiger partial charge in [0.1, 0.15) is 0 Å². The van der Waals surface area contributed by atoms with Gasteiger partial charge in [0.15, 0.2) is 5.69 Å². The first-order valence-corrected chi connectivity index (χ1v) is 5.86. The molecule has 0 radical (unpaired) electrons. The number of benzene rings is 1. The number of methoxy groups -OCH3 is 1. The number of hydrogen-bond acceptors (Lipinski definition) is 4. The van der Waals surface area contributed by atoms with Crippen LogP contribution in [-0.4, -0.2) is 23.2 Å². The maximum atomic E-state index is 11.0. The molecule has 2 aromatic rings. The van der Waals surface area contributed by atoms with Crippen molar-refractivity contribution < 1.29 is 14.6 Å². The highest BCUT2D eigenvalue weighted by atomic mass is 32.1. The van der Waals surface area contributed by atoms with Crippen LogP contribution in [0.2, 0.25) is 0 Å². The van der Waals surface area contributed by atoms with E-state index >= 15 is 0 Å². The highest BCUT2D eigenvalue weighted by Gasteiger charge is 2.17. The number of nitrogens with zero attached hydrogens (tertiary/aromatic N) is 1. The molecule has 17 heavy (non-hydrogen) atoms. The van der Waals surface area contributed by atoms with E-state index in [1.54, 1.807) is 12.6 Å². The van der Waals surface area contributed by atoms with Crippen molar-refractivity contribution in [1.82, 2.24) is 4.98 Å². The number of thiazole rings is 1. The SMILES string of the molecule is COCc1ccccc1-c1scnc1C(=O)O. The van der Waals surface area contributed by atoms with E-state index in [1.807, 2.05) is 24.3 Å². The van der Waals surface area contributed by atoms with Crippen molar-refractivity contribution in [3.8, 4) is 10.4 Å². The molecule has 0 atom stereocenters. The molecule has 0 unspecified atom stereocenters. The molecule has 5 heteroatoms. The maximum absolute atomic E-state index is 11.0. The average molecular weight is 249 g/mol. The van der Waals surface area contributed by atoms with E-state index in [2.05, 4.69) is 4.98 Å². The third kappa shape index (κ3) is 2.35. The average Bonchev–Trinajstić information content (AvgIpc) is 2.79. The van der Waals surface area contributed by atoms with E-state index in [0.29, 0.717) is 11.5 Å². The zero-order valence-corrected chi connectivity index (χ0v) is 10.0. The van der Waals surface area contributed by atoms with Crippen LogP contribution >= 0.6 is 11.3 Å². The lowest BCUT2D eigenvalue weighted by molar-refractivity contribution is 0.0692. The second-order valence-electron chi connectivity index (χ2n) is 3.43. The van der Waals surface area contributed by atoms with E-state index < -0.39 is 5.97 Å². The van der Waals surface area contributed by atoms with Gasteiger partial charge >= 0.3 is 5.97 Å². The molecule has 0 amide bonds.